The maximum Gasteiger partial charge on any atom is 0.417 e. The van der Waals surface area contributed by atoms with Gasteiger partial charge in [-0.1, -0.05) is 12.1 Å². The van der Waals surface area contributed by atoms with Crippen LogP contribution in [0.1, 0.15) is 26.4 Å². The molecule has 0 bridgehead atoms. The molecule has 1 aliphatic rings. The van der Waals surface area contributed by atoms with Crippen molar-refractivity contribution < 1.29 is 27.5 Å². The van der Waals surface area contributed by atoms with E-state index in [4.69, 9.17) is 4.74 Å². The molecule has 1 N–H and O–H groups in total. The quantitative estimate of drug-likeness (QED) is 0.686. The number of amides is 2. The zero-order chi connectivity index (χ0) is 22.2. The van der Waals surface area contributed by atoms with Crippen molar-refractivity contribution in [3.8, 4) is 5.75 Å². The zero-order valence-corrected chi connectivity index (χ0v) is 16.7. The van der Waals surface area contributed by atoms with Crippen molar-refractivity contribution in [2.45, 2.75) is 6.18 Å². The van der Waals surface area contributed by atoms with E-state index in [1.807, 2.05) is 12.1 Å². The monoisotopic (exact) mass is 431 g/mol. The molecule has 9 heteroatoms. The van der Waals surface area contributed by atoms with Gasteiger partial charge in [-0.25, -0.2) is 0 Å². The Morgan fingerprint density at radius 2 is 1.58 bits per heavy atom. The lowest BCUT2D eigenvalue weighted by molar-refractivity contribution is -0.138. The number of H-pyrrole nitrogens is 1. The van der Waals surface area contributed by atoms with Crippen molar-refractivity contribution in [2.75, 3.05) is 33.3 Å². The fraction of sp³-hybridized carbons (Fsp3) is 0.273. The number of benzene rings is 2. The number of rotatable bonds is 3. The number of hydrogen-bond donors (Lipinski definition) is 1. The number of halogens is 3. The van der Waals surface area contributed by atoms with Crippen LogP contribution in [-0.2, 0) is 6.18 Å². The van der Waals surface area contributed by atoms with Crippen LogP contribution in [0, 0.1) is 0 Å². The van der Waals surface area contributed by atoms with Crippen LogP contribution in [0.15, 0.2) is 48.5 Å². The van der Waals surface area contributed by atoms with Crippen LogP contribution in [0.5, 0.6) is 5.75 Å². The Labute approximate surface area is 176 Å². The van der Waals surface area contributed by atoms with Gasteiger partial charge in [0.2, 0.25) is 0 Å². The fourth-order valence-electron chi connectivity index (χ4n) is 3.72. The standard InChI is InChI=1S/C22H20F3N3O3/c1-31-15-6-7-18-14(12-15)13-19(26-18)21(30)28-10-8-27(9-11-28)20(29)16-4-2-3-5-17(16)22(23,24)25/h2-7,12-13,26H,8-11H2,1H3. The number of alkyl halides is 3. The van der Waals surface area contributed by atoms with Crippen LogP contribution in [0.25, 0.3) is 10.9 Å². The molecule has 3 aromatic rings. The molecule has 0 unspecified atom stereocenters. The predicted octanol–water partition coefficient (Wildman–Crippen LogP) is 3.79. The number of carbonyl (C=O) groups excluding carboxylic acids is 2. The molecule has 2 aromatic carbocycles. The van der Waals surface area contributed by atoms with Gasteiger partial charge in [-0.2, -0.15) is 13.2 Å². The van der Waals surface area contributed by atoms with Gasteiger partial charge in [-0.05, 0) is 36.4 Å². The normalized spacial score (nSPS) is 14.7. The van der Waals surface area contributed by atoms with Crippen LogP contribution in [0.3, 0.4) is 0 Å². The smallest absolute Gasteiger partial charge is 0.417 e. The van der Waals surface area contributed by atoms with Gasteiger partial charge in [-0.15, -0.1) is 0 Å². The molecule has 1 aliphatic heterocycles. The van der Waals surface area contributed by atoms with Crippen LogP contribution >= 0.6 is 0 Å². The van der Waals surface area contributed by atoms with Crippen molar-refractivity contribution in [3.05, 3.63) is 65.4 Å². The molecule has 162 valence electrons. The number of nitrogens with one attached hydrogen (secondary N) is 1. The molecule has 0 spiro atoms. The molecule has 0 aliphatic carbocycles. The minimum atomic E-state index is -4.61. The van der Waals surface area contributed by atoms with Crippen LogP contribution in [-0.4, -0.2) is 59.9 Å². The second-order valence-corrected chi connectivity index (χ2v) is 7.26. The minimum absolute atomic E-state index is 0.158. The van der Waals surface area contributed by atoms with E-state index in [0.717, 1.165) is 17.0 Å². The molecule has 0 saturated carbocycles. The van der Waals surface area contributed by atoms with E-state index in [0.29, 0.717) is 11.4 Å². The topological polar surface area (TPSA) is 65.6 Å². The second kappa shape index (κ2) is 7.98. The third kappa shape index (κ3) is 4.08. The average Bonchev–Trinajstić information content (AvgIpc) is 3.21. The number of ether oxygens (including phenoxy) is 1. The fourth-order valence-corrected chi connectivity index (χ4v) is 3.72. The molecule has 1 aromatic heterocycles. The molecule has 0 radical (unpaired) electrons. The third-order valence-corrected chi connectivity index (χ3v) is 5.38. The Kier molecular flexibility index (Phi) is 5.34. The first kappa shape index (κ1) is 20.8. The number of carbonyl (C=O) groups is 2. The molecule has 1 saturated heterocycles. The van der Waals surface area contributed by atoms with Gasteiger partial charge in [0.15, 0.2) is 0 Å². The SMILES string of the molecule is COc1ccc2[nH]c(C(=O)N3CCN(C(=O)c4ccccc4C(F)(F)F)CC3)cc2c1. The highest BCUT2D eigenvalue weighted by Gasteiger charge is 2.36. The largest absolute Gasteiger partial charge is 0.497 e. The Balaban J connectivity index is 1.45. The maximum absolute atomic E-state index is 13.2. The summed E-state index contributed by atoms with van der Waals surface area (Å²) in [5, 5.41) is 0.834. The first-order chi connectivity index (χ1) is 14.8. The van der Waals surface area contributed by atoms with Crippen LogP contribution in [0.4, 0.5) is 13.2 Å². The summed E-state index contributed by atoms with van der Waals surface area (Å²) in [6, 6.07) is 11.9. The molecule has 0 atom stereocenters. The highest BCUT2D eigenvalue weighted by Crippen LogP contribution is 2.32. The summed E-state index contributed by atoms with van der Waals surface area (Å²) >= 11 is 0. The number of aromatic nitrogens is 1. The lowest BCUT2D eigenvalue weighted by Crippen LogP contribution is -2.50. The lowest BCUT2D eigenvalue weighted by Gasteiger charge is -2.35. The second-order valence-electron chi connectivity index (χ2n) is 7.26. The summed E-state index contributed by atoms with van der Waals surface area (Å²) in [6.45, 7) is 0.782. The molecule has 2 amide bonds. The van der Waals surface area contributed by atoms with E-state index in [1.165, 1.54) is 23.1 Å². The summed E-state index contributed by atoms with van der Waals surface area (Å²) in [6.07, 6.45) is -4.61. The van der Waals surface area contributed by atoms with Crippen molar-refractivity contribution in [2.24, 2.45) is 0 Å². The van der Waals surface area contributed by atoms with E-state index >= 15 is 0 Å². The number of nitrogens with zero attached hydrogens (tertiary/aromatic N) is 2. The van der Waals surface area contributed by atoms with E-state index in [9.17, 15) is 22.8 Å². The van der Waals surface area contributed by atoms with Gasteiger partial charge in [0.25, 0.3) is 11.8 Å². The summed E-state index contributed by atoms with van der Waals surface area (Å²) < 4.78 is 44.9. The van der Waals surface area contributed by atoms with E-state index in [2.05, 4.69) is 4.98 Å². The van der Waals surface area contributed by atoms with E-state index < -0.39 is 17.6 Å². The maximum atomic E-state index is 13.2. The average molecular weight is 431 g/mol. The first-order valence-corrected chi connectivity index (χ1v) is 9.69. The highest BCUT2D eigenvalue weighted by molar-refractivity contribution is 5.99. The lowest BCUT2D eigenvalue weighted by atomic mass is 10.1. The molecular weight excluding hydrogens is 411 g/mol. The number of piperazine rings is 1. The van der Waals surface area contributed by atoms with Crippen molar-refractivity contribution in [3.63, 3.8) is 0 Å². The van der Waals surface area contributed by atoms with E-state index in [1.54, 1.807) is 24.1 Å². The number of fused-ring (bicyclic) bond motifs is 1. The summed E-state index contributed by atoms with van der Waals surface area (Å²) in [5.41, 5.74) is -0.126. The van der Waals surface area contributed by atoms with Gasteiger partial charge < -0.3 is 19.5 Å². The van der Waals surface area contributed by atoms with Gasteiger partial charge in [0, 0.05) is 37.1 Å². The Hall–Kier alpha value is -3.49. The molecular formula is C22H20F3N3O3. The van der Waals surface area contributed by atoms with Crippen molar-refractivity contribution >= 4 is 22.7 Å². The number of aromatic amines is 1. The predicted molar refractivity (Wildman–Crippen MR) is 108 cm³/mol. The van der Waals surface area contributed by atoms with Crippen LogP contribution in [0.2, 0.25) is 0 Å². The van der Waals surface area contributed by atoms with Gasteiger partial charge in [-0.3, -0.25) is 9.59 Å². The van der Waals surface area contributed by atoms with Gasteiger partial charge >= 0.3 is 6.18 Å². The van der Waals surface area contributed by atoms with Crippen molar-refractivity contribution in [1.82, 2.24) is 14.8 Å². The van der Waals surface area contributed by atoms with Gasteiger partial charge in [0.05, 0.1) is 18.2 Å². The number of hydrogen-bond acceptors (Lipinski definition) is 3. The highest BCUT2D eigenvalue weighted by atomic mass is 19.4. The molecule has 2 heterocycles. The Bertz CT molecular complexity index is 1130. The summed E-state index contributed by atoms with van der Waals surface area (Å²) in [4.78, 5) is 31.6. The Morgan fingerprint density at radius 3 is 2.23 bits per heavy atom. The summed E-state index contributed by atoms with van der Waals surface area (Å²) in [7, 11) is 1.56. The molecule has 1 fully saturated rings. The zero-order valence-electron chi connectivity index (χ0n) is 16.7. The third-order valence-electron chi connectivity index (χ3n) is 5.38. The Morgan fingerprint density at radius 1 is 0.935 bits per heavy atom. The van der Waals surface area contributed by atoms with Gasteiger partial charge in [0.1, 0.15) is 11.4 Å². The molecule has 31 heavy (non-hydrogen) atoms. The number of methoxy groups -OCH3 is 1. The minimum Gasteiger partial charge on any atom is -0.497 e. The molecule has 4 rings (SSSR count). The van der Waals surface area contributed by atoms with Crippen molar-refractivity contribution in [1.29, 1.82) is 0 Å². The first-order valence-electron chi connectivity index (χ1n) is 9.69. The summed E-state index contributed by atoms with van der Waals surface area (Å²) in [5.74, 6) is -0.229. The molecule has 6 nitrogen and oxygen atoms in total. The van der Waals surface area contributed by atoms with E-state index in [-0.39, 0.29) is 37.6 Å². The van der Waals surface area contributed by atoms with Crippen LogP contribution < -0.4 is 4.74 Å².